The van der Waals surface area contributed by atoms with Gasteiger partial charge in [-0.3, -0.25) is 4.79 Å². The molecule has 33 heavy (non-hydrogen) atoms. The molecule has 0 unspecified atom stereocenters. The third-order valence-corrected chi connectivity index (χ3v) is 6.72. The Morgan fingerprint density at radius 3 is 2.52 bits per heavy atom. The van der Waals surface area contributed by atoms with Gasteiger partial charge in [-0.25, -0.2) is 4.79 Å². The smallest absolute Gasteiger partial charge is 0.337 e. The molecule has 176 valence electrons. The molecule has 2 aliphatic rings. The van der Waals surface area contributed by atoms with Gasteiger partial charge in [-0.05, 0) is 74.3 Å². The maximum absolute atomic E-state index is 13.3. The van der Waals surface area contributed by atoms with Crippen LogP contribution in [0.5, 0.6) is 5.75 Å². The molecule has 1 amide bonds. The third kappa shape index (κ3) is 5.67. The summed E-state index contributed by atoms with van der Waals surface area (Å²) < 4.78 is 6.22. The Kier molecular flexibility index (Phi) is 6.91. The van der Waals surface area contributed by atoms with Crippen molar-refractivity contribution in [3.8, 4) is 5.75 Å². The van der Waals surface area contributed by atoms with E-state index in [0.29, 0.717) is 23.9 Å². The number of carbonyl (C=O) groups is 2. The zero-order chi connectivity index (χ0) is 23.5. The highest BCUT2D eigenvalue weighted by molar-refractivity contribution is 6.02. The first-order valence-corrected chi connectivity index (χ1v) is 12.0. The first-order chi connectivity index (χ1) is 15.8. The van der Waals surface area contributed by atoms with Gasteiger partial charge >= 0.3 is 5.97 Å². The molecule has 2 N–H and O–H groups in total. The Bertz CT molecular complexity index is 1010. The van der Waals surface area contributed by atoms with Gasteiger partial charge in [-0.15, -0.1) is 0 Å². The average Bonchev–Trinajstić information content (AvgIpc) is 3.60. The maximum Gasteiger partial charge on any atom is 0.337 e. The van der Waals surface area contributed by atoms with Crippen LogP contribution in [0.25, 0.3) is 0 Å². The van der Waals surface area contributed by atoms with Crippen molar-refractivity contribution in [2.75, 3.05) is 23.3 Å². The van der Waals surface area contributed by atoms with E-state index in [1.807, 2.05) is 38.1 Å². The van der Waals surface area contributed by atoms with Crippen LogP contribution < -0.4 is 15.0 Å². The number of ether oxygens (including phenoxy) is 1. The minimum absolute atomic E-state index is 0.108. The predicted molar refractivity (Wildman–Crippen MR) is 130 cm³/mol. The van der Waals surface area contributed by atoms with E-state index < -0.39 is 12.1 Å². The second kappa shape index (κ2) is 9.86. The number of amides is 1. The molecule has 0 radical (unpaired) electrons. The Morgan fingerprint density at radius 2 is 1.88 bits per heavy atom. The maximum atomic E-state index is 13.3. The van der Waals surface area contributed by atoms with Crippen molar-refractivity contribution in [2.45, 2.75) is 59.0 Å². The number of aromatic carboxylic acids is 1. The summed E-state index contributed by atoms with van der Waals surface area (Å²) in [6, 6.07) is 11.2. The molecule has 1 aliphatic heterocycles. The normalized spacial score (nSPS) is 19.1. The molecule has 0 aromatic heterocycles. The number of nitrogens with one attached hydrogen (secondary N) is 1. The summed E-state index contributed by atoms with van der Waals surface area (Å²) in [5, 5.41) is 12.7. The largest absolute Gasteiger partial charge is 0.480 e. The molecule has 1 heterocycles. The Morgan fingerprint density at radius 1 is 1.15 bits per heavy atom. The fourth-order valence-electron chi connectivity index (χ4n) is 4.64. The minimum Gasteiger partial charge on any atom is -0.480 e. The lowest BCUT2D eigenvalue weighted by atomic mass is 9.99. The molecule has 4 rings (SSSR count). The number of carboxylic acids is 1. The fraction of sp³-hybridized carbons (Fsp3) is 0.481. The number of rotatable bonds is 8. The first-order valence-electron chi connectivity index (χ1n) is 12.0. The van der Waals surface area contributed by atoms with Crippen LogP contribution in [0, 0.1) is 25.7 Å². The van der Waals surface area contributed by atoms with E-state index in [1.54, 1.807) is 12.1 Å². The van der Waals surface area contributed by atoms with E-state index in [4.69, 9.17) is 4.74 Å². The molecule has 2 aromatic rings. The van der Waals surface area contributed by atoms with E-state index in [-0.39, 0.29) is 11.5 Å². The number of aryl methyl sites for hydroxylation is 2. The summed E-state index contributed by atoms with van der Waals surface area (Å²) in [5.74, 6) is 0.438. The monoisotopic (exact) mass is 450 g/mol. The molecule has 1 aliphatic carbocycles. The number of hydrogen-bond donors (Lipinski definition) is 2. The molecule has 0 spiro atoms. The third-order valence-electron chi connectivity index (χ3n) is 6.72. The molecule has 6 heteroatoms. The predicted octanol–water partition coefficient (Wildman–Crippen LogP) is 5.42. The fourth-order valence-corrected chi connectivity index (χ4v) is 4.64. The van der Waals surface area contributed by atoms with Crippen LogP contribution in [-0.2, 0) is 4.79 Å². The number of hydrogen-bond acceptors (Lipinski definition) is 4. The van der Waals surface area contributed by atoms with Gasteiger partial charge in [0.2, 0.25) is 0 Å². The number of para-hydroxylation sites is 1. The van der Waals surface area contributed by atoms with Gasteiger partial charge in [-0.2, -0.15) is 0 Å². The van der Waals surface area contributed by atoms with Crippen molar-refractivity contribution in [2.24, 2.45) is 11.8 Å². The van der Waals surface area contributed by atoms with Crippen LogP contribution >= 0.6 is 0 Å². The van der Waals surface area contributed by atoms with Gasteiger partial charge in [0.15, 0.2) is 6.10 Å². The summed E-state index contributed by atoms with van der Waals surface area (Å²) in [6.07, 6.45) is 4.46. The first kappa shape index (κ1) is 23.1. The highest BCUT2D eigenvalue weighted by Crippen LogP contribution is 2.36. The van der Waals surface area contributed by atoms with E-state index in [9.17, 15) is 14.7 Å². The van der Waals surface area contributed by atoms with Crippen LogP contribution in [-0.4, -0.2) is 36.2 Å². The molecule has 1 saturated heterocycles. The topological polar surface area (TPSA) is 78.9 Å². The average molecular weight is 451 g/mol. The number of piperidine rings is 1. The van der Waals surface area contributed by atoms with Crippen LogP contribution in [0.4, 0.5) is 11.4 Å². The van der Waals surface area contributed by atoms with Gasteiger partial charge < -0.3 is 20.1 Å². The molecule has 6 nitrogen and oxygen atoms in total. The standard InChI is InChI=1S/C27H34N2O4/c1-17-6-5-13-29(16-17)21-11-12-23(22(15-21)27(31)32)28-26(30)24(14-20-9-10-20)33-25-18(2)7-4-8-19(25)3/h4,7-8,11-12,15,17,20,24H,5-6,9-10,13-14,16H2,1-3H3,(H,28,30)(H,31,32)/t17-,24+/m1/s1. The van der Waals surface area contributed by atoms with Crippen molar-refractivity contribution < 1.29 is 19.4 Å². The Balaban J connectivity index is 1.55. The highest BCUT2D eigenvalue weighted by atomic mass is 16.5. The summed E-state index contributed by atoms with van der Waals surface area (Å²) >= 11 is 0. The molecule has 2 aromatic carbocycles. The second-order valence-electron chi connectivity index (χ2n) is 9.72. The number of carboxylic acid groups (broad SMARTS) is 1. The Labute approximate surface area is 195 Å². The second-order valence-corrected chi connectivity index (χ2v) is 9.72. The number of nitrogens with zero attached hydrogens (tertiary/aromatic N) is 1. The van der Waals surface area contributed by atoms with Crippen molar-refractivity contribution in [1.82, 2.24) is 0 Å². The molecular formula is C27H34N2O4. The van der Waals surface area contributed by atoms with Crippen LogP contribution in [0.3, 0.4) is 0 Å². The lowest BCUT2D eigenvalue weighted by Crippen LogP contribution is -2.35. The number of benzene rings is 2. The molecule has 1 saturated carbocycles. The molecule has 0 bridgehead atoms. The zero-order valence-corrected chi connectivity index (χ0v) is 19.8. The van der Waals surface area contributed by atoms with Gasteiger partial charge in [0, 0.05) is 18.8 Å². The van der Waals surface area contributed by atoms with Gasteiger partial charge in [0.25, 0.3) is 5.91 Å². The number of anilines is 2. The van der Waals surface area contributed by atoms with E-state index in [0.717, 1.165) is 54.9 Å². The van der Waals surface area contributed by atoms with Gasteiger partial charge in [0.1, 0.15) is 5.75 Å². The highest BCUT2D eigenvalue weighted by Gasteiger charge is 2.32. The molecular weight excluding hydrogens is 416 g/mol. The summed E-state index contributed by atoms with van der Waals surface area (Å²) in [7, 11) is 0. The van der Waals surface area contributed by atoms with E-state index in [2.05, 4.69) is 17.1 Å². The van der Waals surface area contributed by atoms with Crippen LogP contribution in [0.15, 0.2) is 36.4 Å². The Hall–Kier alpha value is -3.02. The van der Waals surface area contributed by atoms with Crippen molar-refractivity contribution >= 4 is 23.3 Å². The van der Waals surface area contributed by atoms with Crippen molar-refractivity contribution in [1.29, 1.82) is 0 Å². The quantitative estimate of drug-likeness (QED) is 0.561. The lowest BCUT2D eigenvalue weighted by Gasteiger charge is -2.33. The zero-order valence-electron chi connectivity index (χ0n) is 19.8. The van der Waals surface area contributed by atoms with Crippen LogP contribution in [0.2, 0.25) is 0 Å². The number of carbonyl (C=O) groups excluding carboxylic acids is 1. The van der Waals surface area contributed by atoms with E-state index in [1.165, 1.54) is 6.42 Å². The van der Waals surface area contributed by atoms with Crippen LogP contribution in [0.1, 0.15) is 60.5 Å². The van der Waals surface area contributed by atoms with Gasteiger partial charge in [-0.1, -0.05) is 38.0 Å². The summed E-state index contributed by atoms with van der Waals surface area (Å²) in [5.41, 5.74) is 3.27. The SMILES string of the molecule is Cc1cccc(C)c1O[C@@H](CC1CC1)C(=O)Nc1ccc(N2CCC[C@@H](C)C2)cc1C(=O)O. The summed E-state index contributed by atoms with van der Waals surface area (Å²) in [4.78, 5) is 27.5. The molecule has 2 atom stereocenters. The van der Waals surface area contributed by atoms with E-state index >= 15 is 0 Å². The minimum atomic E-state index is -1.05. The van der Waals surface area contributed by atoms with Crippen molar-refractivity contribution in [3.05, 3.63) is 53.1 Å². The van der Waals surface area contributed by atoms with Gasteiger partial charge in [0.05, 0.1) is 11.3 Å². The van der Waals surface area contributed by atoms with Crippen molar-refractivity contribution in [3.63, 3.8) is 0 Å². The lowest BCUT2D eigenvalue weighted by molar-refractivity contribution is -0.123. The molecule has 2 fully saturated rings. The summed E-state index contributed by atoms with van der Waals surface area (Å²) in [6.45, 7) is 7.99.